The van der Waals surface area contributed by atoms with Gasteiger partial charge in [-0.3, -0.25) is 14.0 Å². The van der Waals surface area contributed by atoms with Crippen LogP contribution in [0.4, 0.5) is 9.18 Å². The SMILES string of the molecule is O=C(O)CCC[C@H](NC(=O)N[C@@H](CCCCNC(=O)Cn1cc(CCCF)nn1)C(=O)O)C(=O)O. The van der Waals surface area contributed by atoms with E-state index in [1.807, 2.05) is 0 Å². The number of alkyl halides is 1. The molecule has 0 saturated heterocycles. The number of carbonyl (C=O) groups excluding carboxylic acids is 2. The second-order valence-electron chi connectivity index (χ2n) is 7.73. The van der Waals surface area contributed by atoms with Crippen LogP contribution in [0.5, 0.6) is 0 Å². The van der Waals surface area contributed by atoms with E-state index >= 15 is 0 Å². The normalized spacial score (nSPS) is 12.4. The minimum absolute atomic E-state index is 0.0257. The van der Waals surface area contributed by atoms with Gasteiger partial charge in [0.15, 0.2) is 0 Å². The van der Waals surface area contributed by atoms with Gasteiger partial charge in [-0.2, -0.15) is 0 Å². The van der Waals surface area contributed by atoms with E-state index < -0.39 is 42.7 Å². The Bertz CT molecular complexity index is 864. The molecule has 3 amide bonds. The zero-order chi connectivity index (χ0) is 26.2. The fourth-order valence-corrected chi connectivity index (χ4v) is 3.01. The van der Waals surface area contributed by atoms with E-state index in [0.29, 0.717) is 31.4 Å². The molecular formula is C20H31FN6O8. The van der Waals surface area contributed by atoms with Crippen molar-refractivity contribution in [1.29, 1.82) is 0 Å². The summed E-state index contributed by atoms with van der Waals surface area (Å²) in [6.45, 7) is -0.279. The first kappa shape index (κ1) is 29.3. The molecule has 0 bridgehead atoms. The molecule has 14 nitrogen and oxygen atoms in total. The molecule has 0 aliphatic rings. The third-order valence-electron chi connectivity index (χ3n) is 4.79. The Morgan fingerprint density at radius 1 is 0.943 bits per heavy atom. The molecule has 0 fully saturated rings. The second kappa shape index (κ2) is 16.0. The van der Waals surface area contributed by atoms with Crippen molar-refractivity contribution in [1.82, 2.24) is 30.9 Å². The summed E-state index contributed by atoms with van der Waals surface area (Å²) in [6, 6.07) is -3.63. The average molecular weight is 503 g/mol. The number of urea groups is 1. The smallest absolute Gasteiger partial charge is 0.326 e. The van der Waals surface area contributed by atoms with Gasteiger partial charge in [0, 0.05) is 19.2 Å². The molecule has 0 aromatic carbocycles. The molecule has 0 saturated carbocycles. The lowest BCUT2D eigenvalue weighted by atomic mass is 10.1. The Morgan fingerprint density at radius 2 is 1.57 bits per heavy atom. The maximum atomic E-state index is 12.2. The van der Waals surface area contributed by atoms with Crippen molar-refractivity contribution >= 4 is 29.8 Å². The Kier molecular flexibility index (Phi) is 13.3. The Balaban J connectivity index is 2.34. The summed E-state index contributed by atoms with van der Waals surface area (Å²) in [5, 5.41) is 41.7. The molecule has 35 heavy (non-hydrogen) atoms. The van der Waals surface area contributed by atoms with Crippen LogP contribution in [-0.2, 0) is 32.1 Å². The number of hydrogen-bond donors (Lipinski definition) is 6. The quantitative estimate of drug-likeness (QED) is 0.147. The number of carboxylic acids is 3. The van der Waals surface area contributed by atoms with Crippen LogP contribution in [0.2, 0.25) is 0 Å². The number of rotatable bonds is 18. The third-order valence-corrected chi connectivity index (χ3v) is 4.79. The van der Waals surface area contributed by atoms with E-state index in [0.717, 1.165) is 0 Å². The fraction of sp³-hybridized carbons (Fsp3) is 0.650. The van der Waals surface area contributed by atoms with E-state index in [9.17, 15) is 33.5 Å². The summed E-state index contributed by atoms with van der Waals surface area (Å²) in [4.78, 5) is 57.2. The number of nitrogens with one attached hydrogen (secondary N) is 3. The van der Waals surface area contributed by atoms with E-state index in [4.69, 9.17) is 10.2 Å². The maximum Gasteiger partial charge on any atom is 0.326 e. The molecule has 1 rings (SSSR count). The summed E-state index contributed by atoms with van der Waals surface area (Å²) in [5.74, 6) is -4.10. The lowest BCUT2D eigenvalue weighted by molar-refractivity contribution is -0.140. The van der Waals surface area contributed by atoms with Gasteiger partial charge in [-0.25, -0.2) is 19.1 Å². The van der Waals surface area contributed by atoms with Crippen LogP contribution in [0.1, 0.15) is 50.6 Å². The van der Waals surface area contributed by atoms with Gasteiger partial charge in [0.05, 0.1) is 12.4 Å². The molecule has 0 radical (unpaired) electrons. The number of unbranched alkanes of at least 4 members (excludes halogenated alkanes) is 1. The maximum absolute atomic E-state index is 12.2. The molecule has 6 N–H and O–H groups in total. The number of halogens is 1. The topological polar surface area (TPSA) is 213 Å². The average Bonchev–Trinajstić information content (AvgIpc) is 3.22. The summed E-state index contributed by atoms with van der Waals surface area (Å²) in [5.41, 5.74) is 0.585. The van der Waals surface area contributed by atoms with E-state index in [2.05, 4.69) is 26.3 Å². The summed E-state index contributed by atoms with van der Waals surface area (Å²) < 4.78 is 13.5. The monoisotopic (exact) mass is 502 g/mol. The van der Waals surface area contributed by atoms with Gasteiger partial charge in [-0.05, 0) is 44.9 Å². The van der Waals surface area contributed by atoms with Crippen molar-refractivity contribution in [3.63, 3.8) is 0 Å². The number of carbonyl (C=O) groups is 5. The van der Waals surface area contributed by atoms with Crippen LogP contribution in [0.3, 0.4) is 0 Å². The fourth-order valence-electron chi connectivity index (χ4n) is 3.01. The highest BCUT2D eigenvalue weighted by atomic mass is 19.1. The first-order valence-corrected chi connectivity index (χ1v) is 11.1. The molecule has 2 atom stereocenters. The second-order valence-corrected chi connectivity index (χ2v) is 7.73. The van der Waals surface area contributed by atoms with Crippen molar-refractivity contribution in [2.75, 3.05) is 13.2 Å². The van der Waals surface area contributed by atoms with Gasteiger partial charge >= 0.3 is 23.9 Å². The minimum Gasteiger partial charge on any atom is -0.481 e. The number of amides is 3. The molecular weight excluding hydrogens is 471 g/mol. The molecule has 196 valence electrons. The molecule has 0 aliphatic heterocycles. The first-order valence-electron chi connectivity index (χ1n) is 11.1. The Labute approximate surface area is 200 Å². The van der Waals surface area contributed by atoms with Crippen molar-refractivity contribution in [3.8, 4) is 0 Å². The van der Waals surface area contributed by atoms with Crippen molar-refractivity contribution < 1.29 is 43.7 Å². The Morgan fingerprint density at radius 3 is 2.14 bits per heavy atom. The highest BCUT2D eigenvalue weighted by Gasteiger charge is 2.24. The van der Waals surface area contributed by atoms with Gasteiger partial charge in [0.25, 0.3) is 0 Å². The van der Waals surface area contributed by atoms with Gasteiger partial charge < -0.3 is 31.3 Å². The number of nitrogens with zero attached hydrogens (tertiary/aromatic N) is 3. The highest BCUT2D eigenvalue weighted by molar-refractivity contribution is 5.86. The largest absolute Gasteiger partial charge is 0.481 e. The third kappa shape index (κ3) is 12.9. The summed E-state index contributed by atoms with van der Waals surface area (Å²) >= 11 is 0. The van der Waals surface area contributed by atoms with Crippen molar-refractivity contribution in [2.24, 2.45) is 0 Å². The van der Waals surface area contributed by atoms with E-state index in [1.165, 1.54) is 4.68 Å². The molecule has 0 unspecified atom stereocenters. The van der Waals surface area contributed by atoms with Crippen LogP contribution >= 0.6 is 0 Å². The molecule has 15 heteroatoms. The standard InChI is InChI=1S/C20H31FN6O8/c21-9-4-5-13-11-27(26-25-13)12-16(28)22-10-2-1-6-14(18(31)32)23-20(35)24-15(19(33)34)7-3-8-17(29)30/h11,14-15H,1-10,12H2,(H,22,28)(H,29,30)(H,31,32)(H,33,34)(H2,23,24,35)/t14-,15-/m0/s1. The van der Waals surface area contributed by atoms with Crippen molar-refractivity contribution in [2.45, 2.75) is 70.0 Å². The Hall–Kier alpha value is -3.78. The van der Waals surface area contributed by atoms with Crippen LogP contribution in [0, 0.1) is 0 Å². The molecule has 0 aliphatic carbocycles. The first-order chi connectivity index (χ1) is 16.6. The molecule has 1 aromatic rings. The lowest BCUT2D eigenvalue weighted by Gasteiger charge is -2.18. The zero-order valence-electron chi connectivity index (χ0n) is 19.1. The van der Waals surface area contributed by atoms with Gasteiger partial charge in [-0.1, -0.05) is 5.21 Å². The van der Waals surface area contributed by atoms with E-state index in [1.54, 1.807) is 6.20 Å². The van der Waals surface area contributed by atoms with Crippen molar-refractivity contribution in [3.05, 3.63) is 11.9 Å². The lowest BCUT2D eigenvalue weighted by Crippen LogP contribution is -2.51. The predicted octanol–water partition coefficient (Wildman–Crippen LogP) is -0.0728. The number of aliphatic carboxylic acids is 3. The van der Waals surface area contributed by atoms with E-state index in [-0.39, 0.29) is 44.7 Å². The summed E-state index contributed by atoms with van der Waals surface area (Å²) in [6.07, 6.45) is 2.75. The number of aromatic nitrogens is 3. The predicted molar refractivity (Wildman–Crippen MR) is 117 cm³/mol. The molecule has 1 aromatic heterocycles. The highest BCUT2D eigenvalue weighted by Crippen LogP contribution is 2.04. The van der Waals surface area contributed by atoms with Gasteiger partial charge in [0.1, 0.15) is 18.6 Å². The summed E-state index contributed by atoms with van der Waals surface area (Å²) in [7, 11) is 0. The van der Waals surface area contributed by atoms with Gasteiger partial charge in [0.2, 0.25) is 5.91 Å². The molecule has 0 spiro atoms. The number of hydrogen-bond acceptors (Lipinski definition) is 7. The number of aryl methyl sites for hydroxylation is 1. The minimum atomic E-state index is -1.37. The van der Waals surface area contributed by atoms with Crippen LogP contribution in [-0.4, -0.2) is 85.5 Å². The van der Waals surface area contributed by atoms with Crippen LogP contribution in [0.25, 0.3) is 0 Å². The van der Waals surface area contributed by atoms with Crippen LogP contribution in [0.15, 0.2) is 6.20 Å². The van der Waals surface area contributed by atoms with Crippen LogP contribution < -0.4 is 16.0 Å². The molecule has 1 heterocycles. The zero-order valence-corrected chi connectivity index (χ0v) is 19.1. The number of carboxylic acid groups (broad SMARTS) is 3. The van der Waals surface area contributed by atoms with Gasteiger partial charge in [-0.15, -0.1) is 5.10 Å².